The second kappa shape index (κ2) is 2.60. The number of hydrogen-bond donors (Lipinski definition) is 0. The highest BCUT2D eigenvalue weighted by atomic mass is 32.1. The molecule has 0 aliphatic heterocycles. The van der Waals surface area contributed by atoms with Gasteiger partial charge < -0.3 is 0 Å². The minimum absolute atomic E-state index is 0.376. The molecule has 2 rings (SSSR count). The van der Waals surface area contributed by atoms with Crippen molar-refractivity contribution < 1.29 is 0 Å². The molecule has 0 amide bonds. The third kappa shape index (κ3) is 1.34. The molecule has 0 saturated carbocycles. The summed E-state index contributed by atoms with van der Waals surface area (Å²) in [6.45, 7) is 9.40. The molecular weight excluding hydrogens is 176 g/mol. The number of rotatable bonds is 0. The Balaban J connectivity index is 2.56. The SMILES string of the molecule is CC1(C)CCC(C)(C)c2s[c]cc21. The lowest BCUT2D eigenvalue weighted by atomic mass is 9.67. The largest absolute Gasteiger partial charge is 0.139 e. The van der Waals surface area contributed by atoms with Crippen molar-refractivity contribution in [1.29, 1.82) is 0 Å². The van der Waals surface area contributed by atoms with Crippen molar-refractivity contribution in [3.8, 4) is 0 Å². The Labute approximate surface area is 85.0 Å². The van der Waals surface area contributed by atoms with E-state index in [9.17, 15) is 0 Å². The van der Waals surface area contributed by atoms with Gasteiger partial charge in [-0.05, 0) is 35.3 Å². The van der Waals surface area contributed by atoms with E-state index in [1.54, 1.807) is 4.88 Å². The van der Waals surface area contributed by atoms with Gasteiger partial charge in [-0.25, -0.2) is 0 Å². The summed E-state index contributed by atoms with van der Waals surface area (Å²) in [5.41, 5.74) is 2.30. The predicted octanol–water partition coefficient (Wildman–Crippen LogP) is 3.90. The van der Waals surface area contributed by atoms with Gasteiger partial charge in [0.05, 0.1) is 0 Å². The molecule has 0 nitrogen and oxygen atoms in total. The molecule has 1 aromatic heterocycles. The highest BCUT2D eigenvalue weighted by Crippen LogP contribution is 2.47. The molecule has 0 unspecified atom stereocenters. The summed E-state index contributed by atoms with van der Waals surface area (Å²) in [5.74, 6) is 0. The highest BCUT2D eigenvalue weighted by Gasteiger charge is 2.37. The summed E-state index contributed by atoms with van der Waals surface area (Å²) in [6, 6.07) is 2.20. The minimum Gasteiger partial charge on any atom is -0.139 e. The fourth-order valence-corrected chi connectivity index (χ4v) is 3.26. The van der Waals surface area contributed by atoms with Crippen LogP contribution in [0.2, 0.25) is 0 Å². The van der Waals surface area contributed by atoms with Crippen LogP contribution in [0.3, 0.4) is 0 Å². The van der Waals surface area contributed by atoms with Gasteiger partial charge in [0, 0.05) is 10.3 Å². The van der Waals surface area contributed by atoms with Crippen LogP contribution in [0.4, 0.5) is 0 Å². The summed E-state index contributed by atoms with van der Waals surface area (Å²) >= 11 is 1.81. The zero-order valence-corrected chi connectivity index (χ0v) is 9.72. The van der Waals surface area contributed by atoms with E-state index in [-0.39, 0.29) is 0 Å². The van der Waals surface area contributed by atoms with E-state index >= 15 is 0 Å². The standard InChI is InChI=1S/C12H17S/c1-11(2)6-7-12(3,4)10-9(11)5-8-13-10/h5H,6-7H2,1-4H3. The molecule has 0 saturated heterocycles. The van der Waals surface area contributed by atoms with Crippen LogP contribution in [0.1, 0.15) is 51.0 Å². The summed E-state index contributed by atoms with van der Waals surface area (Å²) in [5, 5.41) is 3.29. The van der Waals surface area contributed by atoms with Gasteiger partial charge in [0.25, 0.3) is 0 Å². The maximum atomic E-state index is 3.29. The topological polar surface area (TPSA) is 0 Å². The number of hydrogen-bond acceptors (Lipinski definition) is 1. The highest BCUT2D eigenvalue weighted by molar-refractivity contribution is 7.09. The fraction of sp³-hybridized carbons (Fsp3) is 0.667. The van der Waals surface area contributed by atoms with Gasteiger partial charge >= 0.3 is 0 Å². The van der Waals surface area contributed by atoms with Crippen molar-refractivity contribution in [2.45, 2.75) is 51.4 Å². The van der Waals surface area contributed by atoms with Gasteiger partial charge in [-0.2, -0.15) is 0 Å². The van der Waals surface area contributed by atoms with Crippen molar-refractivity contribution in [1.82, 2.24) is 0 Å². The van der Waals surface area contributed by atoms with Crippen LogP contribution in [0.25, 0.3) is 0 Å². The molecular formula is C12H17S. The van der Waals surface area contributed by atoms with Crippen LogP contribution in [0.5, 0.6) is 0 Å². The average Bonchev–Trinajstić information content (AvgIpc) is 2.48. The van der Waals surface area contributed by atoms with E-state index in [4.69, 9.17) is 0 Å². The van der Waals surface area contributed by atoms with Gasteiger partial charge in [0.2, 0.25) is 0 Å². The molecule has 0 N–H and O–H groups in total. The molecule has 0 spiro atoms. The maximum absolute atomic E-state index is 3.29. The predicted molar refractivity (Wildman–Crippen MR) is 58.4 cm³/mol. The van der Waals surface area contributed by atoms with Crippen LogP contribution in [-0.2, 0) is 10.8 Å². The number of thiophene rings is 1. The van der Waals surface area contributed by atoms with Crippen LogP contribution in [-0.4, -0.2) is 0 Å². The van der Waals surface area contributed by atoms with E-state index in [0.717, 1.165) is 0 Å². The van der Waals surface area contributed by atoms with Crippen molar-refractivity contribution in [2.24, 2.45) is 0 Å². The van der Waals surface area contributed by atoms with Crippen molar-refractivity contribution >= 4 is 11.3 Å². The molecule has 1 heteroatoms. The Morgan fingerprint density at radius 3 is 2.38 bits per heavy atom. The lowest BCUT2D eigenvalue weighted by Crippen LogP contribution is -2.31. The van der Waals surface area contributed by atoms with E-state index in [0.29, 0.717) is 10.8 Å². The first-order valence-corrected chi connectivity index (χ1v) is 5.76. The summed E-state index contributed by atoms with van der Waals surface area (Å²) < 4.78 is 0. The molecule has 0 bridgehead atoms. The lowest BCUT2D eigenvalue weighted by molar-refractivity contribution is 0.339. The summed E-state index contributed by atoms with van der Waals surface area (Å²) in [6.07, 6.45) is 2.61. The Morgan fingerprint density at radius 2 is 1.77 bits per heavy atom. The molecule has 1 radical (unpaired) electrons. The molecule has 1 aromatic rings. The zero-order valence-electron chi connectivity index (χ0n) is 8.90. The van der Waals surface area contributed by atoms with Crippen LogP contribution in [0.15, 0.2) is 6.07 Å². The normalized spacial score (nSPS) is 24.0. The van der Waals surface area contributed by atoms with Crippen LogP contribution in [0, 0.1) is 5.38 Å². The fourth-order valence-electron chi connectivity index (χ4n) is 2.15. The van der Waals surface area contributed by atoms with Gasteiger partial charge in [0.1, 0.15) is 0 Å². The monoisotopic (exact) mass is 193 g/mol. The van der Waals surface area contributed by atoms with E-state index < -0.39 is 0 Å². The molecule has 1 aliphatic carbocycles. The number of fused-ring (bicyclic) bond motifs is 1. The van der Waals surface area contributed by atoms with E-state index in [2.05, 4.69) is 39.1 Å². The molecule has 0 aromatic carbocycles. The molecule has 0 atom stereocenters. The van der Waals surface area contributed by atoms with Crippen LogP contribution < -0.4 is 0 Å². The smallest absolute Gasteiger partial charge is 0.0448 e. The quantitative estimate of drug-likeness (QED) is 0.586. The maximum Gasteiger partial charge on any atom is 0.0448 e. The Kier molecular flexibility index (Phi) is 1.85. The van der Waals surface area contributed by atoms with Crippen LogP contribution >= 0.6 is 11.3 Å². The third-order valence-electron chi connectivity index (χ3n) is 3.33. The first-order chi connectivity index (χ1) is 5.93. The molecule has 0 fully saturated rings. The summed E-state index contributed by atoms with van der Waals surface area (Å²) in [7, 11) is 0. The Hall–Kier alpha value is -0.300. The van der Waals surface area contributed by atoms with Gasteiger partial charge in [0.15, 0.2) is 0 Å². The first kappa shape index (κ1) is 9.26. The van der Waals surface area contributed by atoms with Gasteiger partial charge in [-0.3, -0.25) is 0 Å². The second-order valence-electron chi connectivity index (χ2n) is 5.37. The first-order valence-electron chi connectivity index (χ1n) is 4.94. The van der Waals surface area contributed by atoms with Crippen molar-refractivity contribution in [3.63, 3.8) is 0 Å². The van der Waals surface area contributed by atoms with E-state index in [1.807, 2.05) is 11.3 Å². The molecule has 13 heavy (non-hydrogen) atoms. The van der Waals surface area contributed by atoms with E-state index in [1.165, 1.54) is 18.4 Å². The Bertz CT molecular complexity index is 287. The molecule has 71 valence electrons. The van der Waals surface area contributed by atoms with Crippen molar-refractivity contribution in [3.05, 3.63) is 21.9 Å². The average molecular weight is 193 g/mol. The van der Waals surface area contributed by atoms with Gasteiger partial charge in [-0.1, -0.05) is 27.7 Å². The van der Waals surface area contributed by atoms with Gasteiger partial charge in [-0.15, -0.1) is 11.3 Å². The van der Waals surface area contributed by atoms with Crippen molar-refractivity contribution in [2.75, 3.05) is 0 Å². The Morgan fingerprint density at radius 1 is 1.15 bits per heavy atom. The second-order valence-corrected chi connectivity index (χ2v) is 6.22. The summed E-state index contributed by atoms with van der Waals surface area (Å²) in [4.78, 5) is 1.56. The molecule has 1 aliphatic rings. The third-order valence-corrected chi connectivity index (χ3v) is 4.54. The zero-order chi connectivity index (χ0) is 9.69. The molecule has 1 heterocycles. The lowest BCUT2D eigenvalue weighted by Gasteiger charge is -2.39. The minimum atomic E-state index is 0.376.